The molecule has 0 bridgehead atoms. The highest BCUT2D eigenvalue weighted by molar-refractivity contribution is 6.34. The van der Waals surface area contributed by atoms with Gasteiger partial charge in [-0.15, -0.1) is 0 Å². The van der Waals surface area contributed by atoms with Gasteiger partial charge in [-0.3, -0.25) is 0 Å². The van der Waals surface area contributed by atoms with E-state index >= 15 is 0 Å². The second-order valence-corrected chi connectivity index (χ2v) is 12.9. The van der Waals surface area contributed by atoms with Gasteiger partial charge in [-0.1, -0.05) is 112 Å². The summed E-state index contributed by atoms with van der Waals surface area (Å²) in [7, 11) is 0. The molecule has 0 aliphatic rings. The number of hydrogen-bond acceptors (Lipinski definition) is 0. The van der Waals surface area contributed by atoms with Gasteiger partial charge in [0.05, 0.1) is 0 Å². The SMILES string of the molecule is Cc1cc(CC(C)C)c2cc(-c3ccc4c5cccc6c(C)ccc(c7cccc3c74)c65)cc(CC(C)C)c2c1. The zero-order valence-corrected chi connectivity index (χ0v) is 24.7. The van der Waals surface area contributed by atoms with Crippen LogP contribution in [0.15, 0.2) is 84.9 Å². The molecule has 0 radical (unpaired) electrons. The minimum absolute atomic E-state index is 0.601. The molecule has 0 saturated carbocycles. The molecule has 0 amide bonds. The fraction of sp³-hybridized carbons (Fsp3) is 0.250. The minimum Gasteiger partial charge on any atom is -0.0625 e. The first kappa shape index (κ1) is 25.1. The molecule has 0 aliphatic heterocycles. The summed E-state index contributed by atoms with van der Waals surface area (Å²) < 4.78 is 0. The van der Waals surface area contributed by atoms with Crippen LogP contribution < -0.4 is 0 Å². The average molecular weight is 519 g/mol. The lowest BCUT2D eigenvalue weighted by atomic mass is 9.84. The van der Waals surface area contributed by atoms with E-state index in [4.69, 9.17) is 0 Å². The van der Waals surface area contributed by atoms with Crippen molar-refractivity contribution in [1.29, 1.82) is 0 Å². The normalized spacial score (nSPS) is 12.4. The summed E-state index contributed by atoms with van der Waals surface area (Å²) in [5, 5.41) is 13.8. The summed E-state index contributed by atoms with van der Waals surface area (Å²) in [6, 6.07) is 32.9. The molecule has 40 heavy (non-hydrogen) atoms. The van der Waals surface area contributed by atoms with Gasteiger partial charge in [-0.25, -0.2) is 0 Å². The molecule has 7 aromatic carbocycles. The van der Waals surface area contributed by atoms with Crippen molar-refractivity contribution < 1.29 is 0 Å². The summed E-state index contributed by atoms with van der Waals surface area (Å²) in [6.07, 6.45) is 2.19. The molecule has 0 aromatic heterocycles. The highest BCUT2D eigenvalue weighted by atomic mass is 14.2. The van der Waals surface area contributed by atoms with Crippen molar-refractivity contribution >= 4 is 53.9 Å². The Morgan fingerprint density at radius 3 is 1.68 bits per heavy atom. The minimum atomic E-state index is 0.601. The largest absolute Gasteiger partial charge is 0.0625 e. The molecule has 0 N–H and O–H groups in total. The molecule has 0 unspecified atom stereocenters. The molecule has 7 aromatic rings. The van der Waals surface area contributed by atoms with Crippen molar-refractivity contribution in [2.75, 3.05) is 0 Å². The van der Waals surface area contributed by atoms with Crippen LogP contribution in [0.1, 0.15) is 49.9 Å². The van der Waals surface area contributed by atoms with E-state index < -0.39 is 0 Å². The smallest absolute Gasteiger partial charge is 0.00201 e. The van der Waals surface area contributed by atoms with Crippen molar-refractivity contribution in [3.8, 4) is 11.1 Å². The van der Waals surface area contributed by atoms with E-state index in [0.717, 1.165) is 12.8 Å². The van der Waals surface area contributed by atoms with Gasteiger partial charge >= 0.3 is 0 Å². The molecule has 0 heteroatoms. The molecular weight excluding hydrogens is 480 g/mol. The van der Waals surface area contributed by atoms with Crippen molar-refractivity contribution in [3.05, 3.63) is 107 Å². The van der Waals surface area contributed by atoms with Crippen LogP contribution in [-0.2, 0) is 12.8 Å². The summed E-state index contributed by atoms with van der Waals surface area (Å²) in [5.74, 6) is 1.22. The van der Waals surface area contributed by atoms with Gasteiger partial charge in [-0.2, -0.15) is 0 Å². The van der Waals surface area contributed by atoms with Gasteiger partial charge in [0.1, 0.15) is 0 Å². The van der Waals surface area contributed by atoms with Crippen molar-refractivity contribution in [3.63, 3.8) is 0 Å². The lowest BCUT2D eigenvalue weighted by molar-refractivity contribution is 0.647. The van der Waals surface area contributed by atoms with E-state index in [9.17, 15) is 0 Å². The summed E-state index contributed by atoms with van der Waals surface area (Å²) in [5.41, 5.74) is 8.34. The van der Waals surface area contributed by atoms with Crippen LogP contribution in [0.2, 0.25) is 0 Å². The molecule has 0 fully saturated rings. The Bertz CT molecular complexity index is 2050. The van der Waals surface area contributed by atoms with Crippen LogP contribution in [-0.4, -0.2) is 0 Å². The van der Waals surface area contributed by atoms with Crippen LogP contribution in [0.4, 0.5) is 0 Å². The maximum Gasteiger partial charge on any atom is -0.00201 e. The van der Waals surface area contributed by atoms with E-state index in [1.54, 1.807) is 0 Å². The number of rotatable bonds is 5. The topological polar surface area (TPSA) is 0 Å². The highest BCUT2D eigenvalue weighted by Crippen LogP contribution is 2.44. The van der Waals surface area contributed by atoms with E-state index in [2.05, 4.69) is 126 Å². The average Bonchev–Trinajstić information content (AvgIpc) is 2.92. The van der Waals surface area contributed by atoms with Crippen molar-refractivity contribution in [2.45, 2.75) is 54.4 Å². The van der Waals surface area contributed by atoms with Gasteiger partial charge in [0.15, 0.2) is 0 Å². The Morgan fingerprint density at radius 1 is 0.475 bits per heavy atom. The molecule has 0 spiro atoms. The fourth-order valence-corrected chi connectivity index (χ4v) is 7.25. The molecule has 198 valence electrons. The molecule has 0 atom stereocenters. The highest BCUT2D eigenvalue weighted by Gasteiger charge is 2.18. The first-order valence-corrected chi connectivity index (χ1v) is 15.0. The van der Waals surface area contributed by atoms with E-state index in [0.29, 0.717) is 11.8 Å². The summed E-state index contributed by atoms with van der Waals surface area (Å²) in [4.78, 5) is 0. The lowest BCUT2D eigenvalue weighted by Crippen LogP contribution is -2.01. The number of aryl methyl sites for hydroxylation is 2. The van der Waals surface area contributed by atoms with Gasteiger partial charge in [0.25, 0.3) is 0 Å². The zero-order chi connectivity index (χ0) is 27.7. The Balaban J connectivity index is 1.58. The first-order chi connectivity index (χ1) is 19.3. The molecular formula is C40H38. The number of benzene rings is 7. The Morgan fingerprint density at radius 2 is 1.00 bits per heavy atom. The monoisotopic (exact) mass is 518 g/mol. The Hall–Kier alpha value is -3.90. The standard InChI is InChI=1S/C40H38/c1-23(2)17-27-19-25(5)20-37-28(18-24(3)4)21-29(22-38(27)37)31-15-16-36-33-11-7-9-30-26(6)13-14-35(39(30)33)34-12-8-10-32(31)40(34)36/h7-16,19-24H,17-18H2,1-6H3. The molecule has 0 heterocycles. The molecule has 0 nitrogen and oxygen atoms in total. The number of hydrogen-bond donors (Lipinski definition) is 0. The molecule has 0 saturated heterocycles. The Kier molecular flexibility index (Phi) is 5.86. The molecule has 7 rings (SSSR count). The van der Waals surface area contributed by atoms with E-state index in [1.165, 1.54) is 87.2 Å². The third-order valence-corrected chi connectivity index (χ3v) is 8.83. The van der Waals surface area contributed by atoms with Crippen LogP contribution in [0.25, 0.3) is 65.0 Å². The fourth-order valence-electron chi connectivity index (χ4n) is 7.25. The Labute approximate surface area is 238 Å². The van der Waals surface area contributed by atoms with Gasteiger partial charge in [0, 0.05) is 0 Å². The van der Waals surface area contributed by atoms with Crippen LogP contribution >= 0.6 is 0 Å². The third-order valence-electron chi connectivity index (χ3n) is 8.83. The van der Waals surface area contributed by atoms with Gasteiger partial charge in [0.2, 0.25) is 0 Å². The zero-order valence-electron chi connectivity index (χ0n) is 24.7. The number of fused-ring (bicyclic) bond motifs is 3. The van der Waals surface area contributed by atoms with Crippen LogP contribution in [0.5, 0.6) is 0 Å². The molecule has 0 aliphatic carbocycles. The predicted octanol–water partition coefficient (Wildman–Crippen LogP) is 11.6. The third kappa shape index (κ3) is 3.88. The van der Waals surface area contributed by atoms with E-state index in [-0.39, 0.29) is 0 Å². The van der Waals surface area contributed by atoms with Gasteiger partial charge in [-0.05, 0) is 126 Å². The second kappa shape index (κ2) is 9.34. The van der Waals surface area contributed by atoms with Crippen molar-refractivity contribution in [2.24, 2.45) is 11.8 Å². The predicted molar refractivity (Wildman–Crippen MR) is 177 cm³/mol. The first-order valence-electron chi connectivity index (χ1n) is 15.0. The van der Waals surface area contributed by atoms with Crippen molar-refractivity contribution in [1.82, 2.24) is 0 Å². The van der Waals surface area contributed by atoms with E-state index in [1.807, 2.05) is 0 Å². The van der Waals surface area contributed by atoms with Crippen LogP contribution in [0.3, 0.4) is 0 Å². The van der Waals surface area contributed by atoms with Gasteiger partial charge < -0.3 is 0 Å². The summed E-state index contributed by atoms with van der Waals surface area (Å²) >= 11 is 0. The lowest BCUT2D eigenvalue weighted by Gasteiger charge is -2.20. The quantitative estimate of drug-likeness (QED) is 0.157. The summed E-state index contributed by atoms with van der Waals surface area (Å²) in [6.45, 7) is 13.8. The van der Waals surface area contributed by atoms with Crippen LogP contribution in [0, 0.1) is 25.7 Å². The second-order valence-electron chi connectivity index (χ2n) is 12.9. The maximum atomic E-state index is 2.49. The maximum absolute atomic E-state index is 2.49.